The highest BCUT2D eigenvalue weighted by molar-refractivity contribution is 7.92. The highest BCUT2D eigenvalue weighted by Crippen LogP contribution is 2.26. The van der Waals surface area contributed by atoms with Gasteiger partial charge in [0.15, 0.2) is 0 Å². The average molecular weight is 612 g/mol. The van der Waals surface area contributed by atoms with Gasteiger partial charge in [-0.3, -0.25) is 13.9 Å². The van der Waals surface area contributed by atoms with Crippen LogP contribution >= 0.6 is 11.6 Å². The summed E-state index contributed by atoms with van der Waals surface area (Å²) in [6, 6.07) is 21.6. The second-order valence-corrected chi connectivity index (χ2v) is 13.2. The Morgan fingerprint density at radius 2 is 1.62 bits per heavy atom. The third-order valence-electron chi connectivity index (χ3n) is 7.51. The minimum atomic E-state index is -3.59. The predicted octanol–water partition coefficient (Wildman–Crippen LogP) is 6.06. The Hall–Kier alpha value is -3.36. The first kappa shape index (κ1) is 33.1. The van der Waals surface area contributed by atoms with Gasteiger partial charge in [0.2, 0.25) is 21.8 Å². The second-order valence-electron chi connectivity index (χ2n) is 10.8. The zero-order chi connectivity index (χ0) is 30.9. The van der Waals surface area contributed by atoms with Crippen molar-refractivity contribution in [2.24, 2.45) is 0 Å². The van der Waals surface area contributed by atoms with Crippen molar-refractivity contribution in [3.8, 4) is 0 Å². The van der Waals surface area contributed by atoms with Crippen LogP contribution in [0.3, 0.4) is 0 Å². The molecule has 3 rings (SSSR count). The van der Waals surface area contributed by atoms with Gasteiger partial charge >= 0.3 is 0 Å². The van der Waals surface area contributed by atoms with Crippen LogP contribution < -0.4 is 9.62 Å². The van der Waals surface area contributed by atoms with Crippen LogP contribution in [-0.2, 0) is 32.6 Å². The van der Waals surface area contributed by atoms with Crippen molar-refractivity contribution in [1.82, 2.24) is 10.2 Å². The van der Waals surface area contributed by atoms with E-state index in [9.17, 15) is 18.0 Å². The highest BCUT2D eigenvalue weighted by Gasteiger charge is 2.31. The van der Waals surface area contributed by atoms with Gasteiger partial charge in [-0.1, -0.05) is 73.1 Å². The molecule has 0 aliphatic rings. The van der Waals surface area contributed by atoms with Crippen molar-refractivity contribution < 1.29 is 18.0 Å². The molecule has 1 N–H and O–H groups in total. The van der Waals surface area contributed by atoms with Crippen LogP contribution in [0.25, 0.3) is 0 Å². The molecule has 0 bridgehead atoms. The molecule has 0 aliphatic carbocycles. The Morgan fingerprint density at radius 3 is 2.26 bits per heavy atom. The number of hydrogen-bond donors (Lipinski definition) is 1. The summed E-state index contributed by atoms with van der Waals surface area (Å²) in [6.07, 6.45) is 2.63. The number of sulfonamides is 1. The van der Waals surface area contributed by atoms with Gasteiger partial charge in [-0.25, -0.2) is 8.42 Å². The fourth-order valence-electron chi connectivity index (χ4n) is 4.82. The van der Waals surface area contributed by atoms with E-state index >= 15 is 0 Å². The summed E-state index contributed by atoms with van der Waals surface area (Å²) in [5.41, 5.74) is 4.21. The van der Waals surface area contributed by atoms with Crippen LogP contribution in [0.15, 0.2) is 72.8 Å². The van der Waals surface area contributed by atoms with E-state index in [1.165, 1.54) is 10.6 Å². The summed E-state index contributed by atoms with van der Waals surface area (Å²) < 4.78 is 26.9. The van der Waals surface area contributed by atoms with Gasteiger partial charge in [0.25, 0.3) is 0 Å². The summed E-state index contributed by atoms with van der Waals surface area (Å²) in [4.78, 5) is 29.2. The molecule has 0 fully saturated rings. The number of halogens is 1. The highest BCUT2D eigenvalue weighted by atomic mass is 35.5. The maximum Gasteiger partial charge on any atom is 0.243 e. The first-order valence-corrected chi connectivity index (χ1v) is 16.6. The Balaban J connectivity index is 1.91. The first-order chi connectivity index (χ1) is 19.9. The molecule has 2 unspecified atom stereocenters. The molecule has 0 spiro atoms. The lowest BCUT2D eigenvalue weighted by Gasteiger charge is -2.33. The number of nitrogens with one attached hydrogen (secondary N) is 1. The topological polar surface area (TPSA) is 86.8 Å². The Labute approximate surface area is 255 Å². The lowest BCUT2D eigenvalue weighted by atomic mass is 10.0. The molecule has 42 heavy (non-hydrogen) atoms. The van der Waals surface area contributed by atoms with E-state index in [2.05, 4.69) is 5.32 Å². The average Bonchev–Trinajstić information content (AvgIpc) is 2.94. The molecule has 9 heteroatoms. The zero-order valence-electron chi connectivity index (χ0n) is 25.1. The van der Waals surface area contributed by atoms with E-state index in [0.717, 1.165) is 28.7 Å². The smallest absolute Gasteiger partial charge is 0.243 e. The lowest BCUT2D eigenvalue weighted by molar-refractivity contribution is -0.141. The molecule has 0 saturated carbocycles. The summed E-state index contributed by atoms with van der Waals surface area (Å²) in [5.74, 6) is -0.457. The molecule has 3 aromatic carbocycles. The summed E-state index contributed by atoms with van der Waals surface area (Å²) >= 11 is 6.27. The SMILES string of the molecule is CCC(C)NC(=O)C(Cc1ccccc1)N(Cc1cccc(Cl)c1)C(=O)CCCN(c1cccc(C)c1C)S(C)(=O)=O. The molecule has 0 aromatic heterocycles. The third kappa shape index (κ3) is 9.33. The Morgan fingerprint density at radius 1 is 0.952 bits per heavy atom. The maximum absolute atomic E-state index is 14.0. The Bertz CT molecular complexity index is 1460. The van der Waals surface area contributed by atoms with Gasteiger partial charge in [0, 0.05) is 37.0 Å². The number of anilines is 1. The van der Waals surface area contributed by atoms with Crippen molar-refractivity contribution in [3.63, 3.8) is 0 Å². The molecule has 0 heterocycles. The van der Waals surface area contributed by atoms with Crippen molar-refractivity contribution in [3.05, 3.63) is 100 Å². The molecule has 0 aliphatic heterocycles. The summed E-state index contributed by atoms with van der Waals surface area (Å²) in [6.45, 7) is 8.10. The quantitative estimate of drug-likeness (QED) is 0.240. The maximum atomic E-state index is 14.0. The fourth-order valence-corrected chi connectivity index (χ4v) is 6.04. The van der Waals surface area contributed by atoms with Crippen molar-refractivity contribution in [2.45, 2.75) is 72.0 Å². The number of carbonyl (C=O) groups excluding carboxylic acids is 2. The van der Waals surface area contributed by atoms with Crippen LogP contribution in [0, 0.1) is 13.8 Å². The zero-order valence-corrected chi connectivity index (χ0v) is 26.7. The van der Waals surface area contributed by atoms with E-state index in [4.69, 9.17) is 11.6 Å². The van der Waals surface area contributed by atoms with Gasteiger partial charge in [-0.15, -0.1) is 0 Å². The molecule has 0 radical (unpaired) electrons. The summed E-state index contributed by atoms with van der Waals surface area (Å²) in [5, 5.41) is 3.61. The minimum Gasteiger partial charge on any atom is -0.352 e. The lowest BCUT2D eigenvalue weighted by Crippen LogP contribution is -2.52. The van der Waals surface area contributed by atoms with Crippen LogP contribution in [0.1, 0.15) is 55.4 Å². The van der Waals surface area contributed by atoms with E-state index in [1.54, 1.807) is 23.1 Å². The van der Waals surface area contributed by atoms with E-state index < -0.39 is 16.1 Å². The molecular weight excluding hydrogens is 570 g/mol. The number of carbonyl (C=O) groups is 2. The Kier molecular flexibility index (Phi) is 12.0. The van der Waals surface area contributed by atoms with Crippen LogP contribution in [0.4, 0.5) is 5.69 Å². The largest absolute Gasteiger partial charge is 0.352 e. The van der Waals surface area contributed by atoms with Gasteiger partial charge in [0.05, 0.1) is 11.9 Å². The minimum absolute atomic E-state index is 0.0558. The third-order valence-corrected chi connectivity index (χ3v) is 8.93. The van der Waals surface area contributed by atoms with E-state index in [-0.39, 0.29) is 43.8 Å². The number of amides is 2. The van der Waals surface area contributed by atoms with Gasteiger partial charge in [-0.05, 0) is 74.1 Å². The van der Waals surface area contributed by atoms with Crippen molar-refractivity contribution in [1.29, 1.82) is 0 Å². The monoisotopic (exact) mass is 611 g/mol. The van der Waals surface area contributed by atoms with Gasteiger partial charge in [0.1, 0.15) is 6.04 Å². The van der Waals surface area contributed by atoms with Gasteiger partial charge in [-0.2, -0.15) is 0 Å². The molecule has 2 amide bonds. The van der Waals surface area contributed by atoms with Crippen LogP contribution in [0.5, 0.6) is 0 Å². The number of rotatable bonds is 14. The second kappa shape index (κ2) is 15.2. The number of aryl methyl sites for hydroxylation is 1. The van der Waals surface area contributed by atoms with Gasteiger partial charge < -0.3 is 10.2 Å². The predicted molar refractivity (Wildman–Crippen MR) is 171 cm³/mol. The van der Waals surface area contributed by atoms with Crippen molar-refractivity contribution >= 4 is 39.1 Å². The molecule has 226 valence electrons. The number of nitrogens with zero attached hydrogens (tertiary/aromatic N) is 2. The number of benzene rings is 3. The molecular formula is C33H42ClN3O4S. The molecule has 0 saturated heterocycles. The normalized spacial score (nSPS) is 12.8. The van der Waals surface area contributed by atoms with E-state index in [0.29, 0.717) is 17.1 Å². The molecule has 7 nitrogen and oxygen atoms in total. The first-order valence-electron chi connectivity index (χ1n) is 14.3. The van der Waals surface area contributed by atoms with E-state index in [1.807, 2.05) is 82.3 Å². The van der Waals surface area contributed by atoms with Crippen molar-refractivity contribution in [2.75, 3.05) is 17.1 Å². The fraction of sp³-hybridized carbons (Fsp3) is 0.394. The number of hydrogen-bond acceptors (Lipinski definition) is 4. The van der Waals surface area contributed by atoms with Crippen LogP contribution in [-0.4, -0.2) is 50.0 Å². The summed E-state index contributed by atoms with van der Waals surface area (Å²) in [7, 11) is -3.59. The molecule has 3 aromatic rings. The van der Waals surface area contributed by atoms with Crippen LogP contribution in [0.2, 0.25) is 5.02 Å². The standard InChI is InChI=1S/C33H42ClN3O4S/c1-6-25(3)35-33(39)31(22-27-14-8-7-9-15-27)36(23-28-16-11-17-29(34)21-28)32(38)19-12-20-37(42(5,40)41)30-18-10-13-24(2)26(30)4/h7-11,13-18,21,25,31H,6,12,19-20,22-23H2,1-5H3,(H,35,39). The molecule has 2 atom stereocenters.